The largest absolute Gasteiger partial charge is 0.495 e. The number of nitrogens with zero attached hydrogens (tertiary/aromatic N) is 2. The molecule has 0 aliphatic carbocycles. The van der Waals surface area contributed by atoms with Crippen molar-refractivity contribution in [2.45, 2.75) is 0 Å². The average Bonchev–Trinajstić information content (AvgIpc) is 2.90. The summed E-state index contributed by atoms with van der Waals surface area (Å²) in [5.74, 6) is 1.75. The van der Waals surface area contributed by atoms with Crippen molar-refractivity contribution in [1.82, 2.24) is 9.55 Å². The van der Waals surface area contributed by atoms with Gasteiger partial charge in [-0.1, -0.05) is 36.4 Å². The second kappa shape index (κ2) is 4.63. The van der Waals surface area contributed by atoms with Gasteiger partial charge in [-0.25, -0.2) is 4.98 Å². The minimum atomic E-state index is 0.856. The van der Waals surface area contributed by atoms with Gasteiger partial charge in [-0.3, -0.25) is 4.57 Å². The minimum absolute atomic E-state index is 0.856. The molecule has 0 aliphatic rings. The third-order valence-corrected chi connectivity index (χ3v) is 3.76. The second-order valence-corrected chi connectivity index (χ2v) is 4.90. The summed E-state index contributed by atoms with van der Waals surface area (Å²) < 4.78 is 7.73. The number of para-hydroxylation sites is 2. The summed E-state index contributed by atoms with van der Waals surface area (Å²) in [6.45, 7) is 0. The summed E-state index contributed by atoms with van der Waals surface area (Å²) in [4.78, 5) is 4.50. The van der Waals surface area contributed by atoms with Gasteiger partial charge in [0, 0.05) is 17.0 Å². The van der Waals surface area contributed by atoms with E-state index in [2.05, 4.69) is 33.8 Å². The van der Waals surface area contributed by atoms with Gasteiger partial charge >= 0.3 is 0 Å². The Morgan fingerprint density at radius 2 is 1.67 bits per heavy atom. The zero-order chi connectivity index (χ0) is 14.2. The lowest BCUT2D eigenvalue weighted by Crippen LogP contribution is -1.97. The molecule has 0 bridgehead atoms. The molecule has 0 unspecified atom stereocenters. The van der Waals surface area contributed by atoms with Crippen LogP contribution < -0.4 is 4.74 Å². The maximum atomic E-state index is 5.57. The fourth-order valence-electron chi connectivity index (χ4n) is 2.88. The maximum absolute atomic E-state index is 5.57. The fraction of sp³-hybridized carbons (Fsp3) is 0.0556. The van der Waals surface area contributed by atoms with E-state index in [4.69, 9.17) is 4.74 Å². The van der Waals surface area contributed by atoms with Crippen molar-refractivity contribution in [2.75, 3.05) is 7.11 Å². The number of fused-ring (bicyclic) bond motifs is 3. The van der Waals surface area contributed by atoms with Gasteiger partial charge in [0.1, 0.15) is 11.6 Å². The third-order valence-electron chi connectivity index (χ3n) is 3.76. The van der Waals surface area contributed by atoms with Crippen LogP contribution in [0.25, 0.3) is 27.6 Å². The van der Waals surface area contributed by atoms with Crippen LogP contribution in [0.15, 0.2) is 66.9 Å². The quantitative estimate of drug-likeness (QED) is 0.548. The number of ether oxygens (including phenoxy) is 1. The Labute approximate surface area is 122 Å². The van der Waals surface area contributed by atoms with Gasteiger partial charge in [-0.05, 0) is 24.3 Å². The van der Waals surface area contributed by atoms with Crippen molar-refractivity contribution < 1.29 is 4.74 Å². The smallest absolute Gasteiger partial charge is 0.143 e. The van der Waals surface area contributed by atoms with E-state index >= 15 is 0 Å². The highest BCUT2D eigenvalue weighted by Crippen LogP contribution is 2.36. The fourth-order valence-corrected chi connectivity index (χ4v) is 2.88. The number of aromatic nitrogens is 2. The van der Waals surface area contributed by atoms with Crippen molar-refractivity contribution in [3.8, 4) is 11.6 Å². The molecule has 2 aromatic heterocycles. The van der Waals surface area contributed by atoms with E-state index < -0.39 is 0 Å². The first-order valence-electron chi connectivity index (χ1n) is 6.88. The summed E-state index contributed by atoms with van der Waals surface area (Å²) in [7, 11) is 1.70. The SMILES string of the molecule is COc1cccc2c3ccccc3n(-c3ccccn3)c12. The van der Waals surface area contributed by atoms with Crippen LogP contribution in [0, 0.1) is 0 Å². The first-order valence-corrected chi connectivity index (χ1v) is 6.88. The molecule has 2 aromatic carbocycles. The van der Waals surface area contributed by atoms with Crippen LogP contribution in [0.5, 0.6) is 5.75 Å². The highest BCUT2D eigenvalue weighted by Gasteiger charge is 2.15. The maximum Gasteiger partial charge on any atom is 0.143 e. The molecular formula is C18H14N2O. The molecule has 4 rings (SSSR count). The highest BCUT2D eigenvalue weighted by atomic mass is 16.5. The molecule has 0 aliphatic heterocycles. The lowest BCUT2D eigenvalue weighted by molar-refractivity contribution is 0.418. The van der Waals surface area contributed by atoms with Gasteiger partial charge in [0.15, 0.2) is 0 Å². The van der Waals surface area contributed by atoms with Crippen molar-refractivity contribution in [2.24, 2.45) is 0 Å². The van der Waals surface area contributed by atoms with Crippen molar-refractivity contribution in [3.05, 3.63) is 66.9 Å². The van der Waals surface area contributed by atoms with E-state index in [9.17, 15) is 0 Å². The van der Waals surface area contributed by atoms with Crippen molar-refractivity contribution >= 4 is 21.8 Å². The molecule has 0 atom stereocenters. The number of methoxy groups -OCH3 is 1. The summed E-state index contributed by atoms with van der Waals surface area (Å²) in [5.41, 5.74) is 2.19. The van der Waals surface area contributed by atoms with Crippen LogP contribution in [0.2, 0.25) is 0 Å². The van der Waals surface area contributed by atoms with Crippen LogP contribution in [0.3, 0.4) is 0 Å². The molecular weight excluding hydrogens is 260 g/mol. The van der Waals surface area contributed by atoms with E-state index in [0.717, 1.165) is 22.6 Å². The van der Waals surface area contributed by atoms with Crippen molar-refractivity contribution in [1.29, 1.82) is 0 Å². The van der Waals surface area contributed by atoms with Gasteiger partial charge in [0.2, 0.25) is 0 Å². The number of pyridine rings is 1. The van der Waals surface area contributed by atoms with Crippen LogP contribution in [0.1, 0.15) is 0 Å². The lowest BCUT2D eigenvalue weighted by atomic mass is 10.1. The van der Waals surface area contributed by atoms with Crippen LogP contribution in [-0.4, -0.2) is 16.7 Å². The number of benzene rings is 2. The predicted octanol–water partition coefficient (Wildman–Crippen LogP) is 4.19. The molecule has 0 saturated heterocycles. The first-order chi connectivity index (χ1) is 10.4. The molecule has 0 radical (unpaired) electrons. The van der Waals surface area contributed by atoms with E-state index in [1.165, 1.54) is 10.8 Å². The lowest BCUT2D eigenvalue weighted by Gasteiger charge is -2.09. The molecule has 21 heavy (non-hydrogen) atoms. The van der Waals surface area contributed by atoms with Gasteiger partial charge in [0.25, 0.3) is 0 Å². The molecule has 0 saturated carbocycles. The van der Waals surface area contributed by atoms with Crippen LogP contribution in [-0.2, 0) is 0 Å². The summed E-state index contributed by atoms with van der Waals surface area (Å²) >= 11 is 0. The molecule has 4 aromatic rings. The Morgan fingerprint density at radius 1 is 0.857 bits per heavy atom. The Hall–Kier alpha value is -2.81. The molecule has 0 amide bonds. The van der Waals surface area contributed by atoms with E-state index in [0.29, 0.717) is 0 Å². The van der Waals surface area contributed by atoms with Gasteiger partial charge in [-0.15, -0.1) is 0 Å². The number of hydrogen-bond acceptors (Lipinski definition) is 2. The number of hydrogen-bond donors (Lipinski definition) is 0. The first kappa shape index (κ1) is 12.0. The molecule has 0 spiro atoms. The Balaban J connectivity index is 2.25. The van der Waals surface area contributed by atoms with Gasteiger partial charge in [-0.2, -0.15) is 0 Å². The Bertz CT molecular complexity index is 926. The van der Waals surface area contributed by atoms with E-state index in [1.54, 1.807) is 7.11 Å². The Morgan fingerprint density at radius 3 is 2.48 bits per heavy atom. The second-order valence-electron chi connectivity index (χ2n) is 4.90. The van der Waals surface area contributed by atoms with Gasteiger partial charge < -0.3 is 4.74 Å². The summed E-state index contributed by atoms with van der Waals surface area (Å²) in [6.07, 6.45) is 1.81. The van der Waals surface area contributed by atoms with Gasteiger partial charge in [0.05, 0.1) is 18.1 Å². The third kappa shape index (κ3) is 1.71. The molecule has 0 fully saturated rings. The predicted molar refractivity (Wildman–Crippen MR) is 85.1 cm³/mol. The van der Waals surface area contributed by atoms with Crippen LogP contribution in [0.4, 0.5) is 0 Å². The summed E-state index contributed by atoms with van der Waals surface area (Å²) in [6, 6.07) is 20.4. The average molecular weight is 274 g/mol. The van der Waals surface area contributed by atoms with Crippen molar-refractivity contribution in [3.63, 3.8) is 0 Å². The molecule has 3 nitrogen and oxygen atoms in total. The Kier molecular flexibility index (Phi) is 2.64. The van der Waals surface area contributed by atoms with Crippen LogP contribution >= 0.6 is 0 Å². The zero-order valence-corrected chi connectivity index (χ0v) is 11.7. The molecule has 0 N–H and O–H groups in total. The summed E-state index contributed by atoms with van der Waals surface area (Å²) in [5, 5.41) is 2.38. The molecule has 102 valence electrons. The monoisotopic (exact) mass is 274 g/mol. The molecule has 3 heteroatoms. The highest BCUT2D eigenvalue weighted by molar-refractivity contribution is 6.11. The minimum Gasteiger partial charge on any atom is -0.495 e. The van der Waals surface area contributed by atoms with E-state index in [-0.39, 0.29) is 0 Å². The standard InChI is InChI=1S/C18H14N2O/c1-21-16-10-6-8-14-13-7-2-3-9-15(13)20(18(14)16)17-11-4-5-12-19-17/h2-12H,1H3. The normalized spacial score (nSPS) is 11.1. The molecule has 2 heterocycles. The zero-order valence-electron chi connectivity index (χ0n) is 11.7. The number of rotatable bonds is 2. The van der Waals surface area contributed by atoms with E-state index in [1.807, 2.05) is 42.6 Å². The topological polar surface area (TPSA) is 27.1 Å².